The Kier molecular flexibility index (Phi) is 6.88. The van der Waals surface area contributed by atoms with Gasteiger partial charge in [-0.05, 0) is 31.4 Å². The molecule has 4 heteroatoms. The normalized spacial score (nSPS) is 24.5. The van der Waals surface area contributed by atoms with E-state index in [-0.39, 0.29) is 18.3 Å². The molecule has 0 aliphatic carbocycles. The van der Waals surface area contributed by atoms with Crippen LogP contribution >= 0.6 is 0 Å². The third-order valence-electron chi connectivity index (χ3n) is 4.72. The first kappa shape index (κ1) is 18.2. The zero-order chi connectivity index (χ0) is 16.8. The molecule has 1 aromatic rings. The molecule has 1 aromatic carbocycles. The summed E-state index contributed by atoms with van der Waals surface area (Å²) >= 11 is 0. The Morgan fingerprint density at radius 2 is 1.91 bits per heavy atom. The van der Waals surface area contributed by atoms with Gasteiger partial charge in [-0.25, -0.2) is 0 Å². The van der Waals surface area contributed by atoms with Crippen molar-refractivity contribution in [3.8, 4) is 0 Å². The van der Waals surface area contributed by atoms with Crippen molar-refractivity contribution in [2.24, 2.45) is 5.92 Å². The molecule has 2 rings (SSSR count). The number of benzene rings is 1. The van der Waals surface area contributed by atoms with E-state index in [1.165, 1.54) is 11.3 Å². The van der Waals surface area contributed by atoms with Crippen LogP contribution in [0.2, 0.25) is 0 Å². The summed E-state index contributed by atoms with van der Waals surface area (Å²) in [4.78, 5) is 2.42. The first-order valence-electron chi connectivity index (χ1n) is 8.88. The van der Waals surface area contributed by atoms with Gasteiger partial charge in [0, 0.05) is 31.9 Å². The minimum atomic E-state index is -0.282. The van der Waals surface area contributed by atoms with Crippen molar-refractivity contribution in [2.45, 2.75) is 59.0 Å². The number of aliphatic hydroxyl groups is 1. The molecule has 1 aliphatic heterocycles. The number of nitrogens with zero attached hydrogens (tertiary/aromatic N) is 1. The number of hydrogen-bond donors (Lipinski definition) is 2. The van der Waals surface area contributed by atoms with E-state index in [0.717, 1.165) is 26.1 Å². The van der Waals surface area contributed by atoms with Crippen molar-refractivity contribution in [3.63, 3.8) is 0 Å². The molecule has 0 radical (unpaired) electrons. The molecule has 0 saturated carbocycles. The lowest BCUT2D eigenvalue weighted by Crippen LogP contribution is -2.46. The van der Waals surface area contributed by atoms with Gasteiger partial charge in [0.25, 0.3) is 0 Å². The molecule has 1 heterocycles. The Hall–Kier alpha value is -1.10. The number of para-hydroxylation sites is 1. The lowest BCUT2D eigenvalue weighted by molar-refractivity contribution is -0.00526. The summed E-state index contributed by atoms with van der Waals surface area (Å²) in [5, 5.41) is 13.5. The standard InChI is InChI=1S/C19H32N2O2/c1-5-14(2)19(22)11-20-10-17-8-6-7-9-18(17)21-12-15(3)23-16(4)13-21/h6-9,14-16,19-20,22H,5,10-13H2,1-4H3. The average Bonchev–Trinajstić information content (AvgIpc) is 2.53. The molecule has 0 spiro atoms. The lowest BCUT2D eigenvalue weighted by atomic mass is 10.0. The fourth-order valence-corrected chi connectivity index (χ4v) is 3.17. The van der Waals surface area contributed by atoms with Gasteiger partial charge in [0.05, 0.1) is 18.3 Å². The molecule has 1 fully saturated rings. The molecule has 4 nitrogen and oxygen atoms in total. The quantitative estimate of drug-likeness (QED) is 0.811. The minimum absolute atomic E-state index is 0.256. The summed E-state index contributed by atoms with van der Waals surface area (Å²) in [5.41, 5.74) is 2.56. The zero-order valence-electron chi connectivity index (χ0n) is 15.0. The molecular weight excluding hydrogens is 288 g/mol. The van der Waals surface area contributed by atoms with E-state index in [0.29, 0.717) is 12.5 Å². The van der Waals surface area contributed by atoms with Crippen molar-refractivity contribution in [3.05, 3.63) is 29.8 Å². The molecule has 23 heavy (non-hydrogen) atoms. The maximum absolute atomic E-state index is 10.1. The highest BCUT2D eigenvalue weighted by molar-refractivity contribution is 5.54. The van der Waals surface area contributed by atoms with Gasteiger partial charge in [-0.1, -0.05) is 38.5 Å². The van der Waals surface area contributed by atoms with Crippen molar-refractivity contribution < 1.29 is 9.84 Å². The van der Waals surface area contributed by atoms with Crippen LogP contribution in [0.25, 0.3) is 0 Å². The third-order valence-corrected chi connectivity index (χ3v) is 4.72. The van der Waals surface area contributed by atoms with Crippen LogP contribution in [0, 0.1) is 5.92 Å². The molecule has 2 N–H and O–H groups in total. The molecule has 4 atom stereocenters. The number of aliphatic hydroxyl groups excluding tert-OH is 1. The Morgan fingerprint density at radius 1 is 1.26 bits per heavy atom. The van der Waals surface area contributed by atoms with Crippen LogP contribution in [0.15, 0.2) is 24.3 Å². The Morgan fingerprint density at radius 3 is 2.57 bits per heavy atom. The number of morpholine rings is 1. The summed E-state index contributed by atoms with van der Waals surface area (Å²) < 4.78 is 5.84. The van der Waals surface area contributed by atoms with Gasteiger partial charge >= 0.3 is 0 Å². The summed E-state index contributed by atoms with van der Waals surface area (Å²) in [6.07, 6.45) is 1.23. The highest BCUT2D eigenvalue weighted by atomic mass is 16.5. The molecule has 1 aliphatic rings. The molecule has 4 unspecified atom stereocenters. The second-order valence-electron chi connectivity index (χ2n) is 6.87. The summed E-state index contributed by atoms with van der Waals surface area (Å²) in [5.74, 6) is 0.332. The van der Waals surface area contributed by atoms with Crippen molar-refractivity contribution in [2.75, 3.05) is 24.5 Å². The number of anilines is 1. The predicted molar refractivity (Wildman–Crippen MR) is 95.8 cm³/mol. The maximum atomic E-state index is 10.1. The van der Waals surface area contributed by atoms with Crippen LogP contribution in [0.1, 0.15) is 39.7 Å². The summed E-state index contributed by atoms with van der Waals surface area (Å²) in [7, 11) is 0. The van der Waals surface area contributed by atoms with E-state index >= 15 is 0 Å². The lowest BCUT2D eigenvalue weighted by Gasteiger charge is -2.37. The van der Waals surface area contributed by atoms with Gasteiger partial charge in [-0.15, -0.1) is 0 Å². The highest BCUT2D eigenvalue weighted by Crippen LogP contribution is 2.24. The second-order valence-corrected chi connectivity index (χ2v) is 6.87. The van der Waals surface area contributed by atoms with Crippen LogP contribution in [-0.2, 0) is 11.3 Å². The average molecular weight is 320 g/mol. The van der Waals surface area contributed by atoms with E-state index < -0.39 is 0 Å². The molecule has 0 bridgehead atoms. The largest absolute Gasteiger partial charge is 0.392 e. The van der Waals surface area contributed by atoms with Crippen molar-refractivity contribution >= 4 is 5.69 Å². The second kappa shape index (κ2) is 8.67. The Labute approximate surface area is 140 Å². The molecular formula is C19H32N2O2. The van der Waals surface area contributed by atoms with E-state index in [9.17, 15) is 5.11 Å². The topological polar surface area (TPSA) is 44.7 Å². The monoisotopic (exact) mass is 320 g/mol. The third kappa shape index (κ3) is 5.20. The van der Waals surface area contributed by atoms with E-state index in [4.69, 9.17) is 4.74 Å². The SMILES string of the molecule is CCC(C)C(O)CNCc1ccccc1N1CC(C)OC(C)C1. The fraction of sp³-hybridized carbons (Fsp3) is 0.684. The zero-order valence-corrected chi connectivity index (χ0v) is 15.0. The van der Waals surface area contributed by atoms with Gasteiger partial charge in [0.1, 0.15) is 0 Å². The van der Waals surface area contributed by atoms with Gasteiger partial charge in [0.15, 0.2) is 0 Å². The Balaban J connectivity index is 1.97. The van der Waals surface area contributed by atoms with Gasteiger partial charge in [-0.3, -0.25) is 0 Å². The Bertz CT molecular complexity index is 470. The fourth-order valence-electron chi connectivity index (χ4n) is 3.17. The van der Waals surface area contributed by atoms with Crippen LogP contribution in [-0.4, -0.2) is 43.1 Å². The van der Waals surface area contributed by atoms with Gasteiger partial charge < -0.3 is 20.1 Å². The number of ether oxygens (including phenoxy) is 1. The number of rotatable bonds is 7. The number of hydrogen-bond acceptors (Lipinski definition) is 4. The first-order chi connectivity index (χ1) is 11.0. The molecule has 1 saturated heterocycles. The summed E-state index contributed by atoms with van der Waals surface area (Å²) in [6.45, 7) is 11.7. The van der Waals surface area contributed by atoms with Gasteiger partial charge in [-0.2, -0.15) is 0 Å². The van der Waals surface area contributed by atoms with Crippen LogP contribution in [0.5, 0.6) is 0 Å². The number of nitrogens with one attached hydrogen (secondary N) is 1. The van der Waals surface area contributed by atoms with Crippen LogP contribution in [0.3, 0.4) is 0 Å². The maximum Gasteiger partial charge on any atom is 0.0726 e. The minimum Gasteiger partial charge on any atom is -0.392 e. The van der Waals surface area contributed by atoms with Crippen LogP contribution < -0.4 is 10.2 Å². The molecule has 130 valence electrons. The predicted octanol–water partition coefficient (Wildman–Crippen LogP) is 2.80. The molecule has 0 aromatic heterocycles. The summed E-state index contributed by atoms with van der Waals surface area (Å²) in [6, 6.07) is 8.53. The first-order valence-corrected chi connectivity index (χ1v) is 8.88. The van der Waals surface area contributed by atoms with Crippen molar-refractivity contribution in [1.29, 1.82) is 0 Å². The van der Waals surface area contributed by atoms with Crippen LogP contribution in [0.4, 0.5) is 5.69 Å². The van der Waals surface area contributed by atoms with E-state index in [2.05, 4.69) is 62.2 Å². The van der Waals surface area contributed by atoms with E-state index in [1.54, 1.807) is 0 Å². The molecule has 0 amide bonds. The van der Waals surface area contributed by atoms with Crippen molar-refractivity contribution in [1.82, 2.24) is 5.32 Å². The van der Waals surface area contributed by atoms with E-state index in [1.807, 2.05) is 0 Å². The van der Waals surface area contributed by atoms with Gasteiger partial charge in [0.2, 0.25) is 0 Å². The highest BCUT2D eigenvalue weighted by Gasteiger charge is 2.23. The smallest absolute Gasteiger partial charge is 0.0726 e.